The van der Waals surface area contributed by atoms with E-state index in [1.807, 2.05) is 18.7 Å². The first-order valence-electron chi connectivity index (χ1n) is 12.1. The first-order chi connectivity index (χ1) is 16.8. The fourth-order valence-electron chi connectivity index (χ4n) is 4.85. The van der Waals surface area contributed by atoms with Crippen LogP contribution < -0.4 is 0 Å². The molecule has 2 atom stereocenters. The van der Waals surface area contributed by atoms with Crippen LogP contribution in [0.25, 0.3) is 11.1 Å². The van der Waals surface area contributed by atoms with Gasteiger partial charge in [-0.25, -0.2) is 0 Å². The molecule has 9 heteroatoms. The molecule has 36 heavy (non-hydrogen) atoms. The summed E-state index contributed by atoms with van der Waals surface area (Å²) < 4.78 is 80.1. The molecular weight excluding hydrogens is 484 g/mol. The molecule has 1 fully saturated rings. The number of hydrogen-bond donors (Lipinski definition) is 1. The minimum atomic E-state index is -4.51. The molecule has 0 aromatic heterocycles. The molecule has 2 aromatic carbocycles. The number of nitrogens with zero attached hydrogens (tertiary/aromatic N) is 1. The van der Waals surface area contributed by atoms with Gasteiger partial charge in [0.2, 0.25) is 0 Å². The number of rotatable bonds is 8. The van der Waals surface area contributed by atoms with Crippen molar-refractivity contribution in [3.05, 3.63) is 59.2 Å². The van der Waals surface area contributed by atoms with E-state index in [4.69, 9.17) is 0 Å². The van der Waals surface area contributed by atoms with Crippen molar-refractivity contribution >= 4 is 5.97 Å². The van der Waals surface area contributed by atoms with Gasteiger partial charge in [-0.05, 0) is 72.5 Å². The third-order valence-corrected chi connectivity index (χ3v) is 6.73. The van der Waals surface area contributed by atoms with E-state index in [0.29, 0.717) is 47.6 Å². The smallest absolute Gasteiger partial charge is 0.416 e. The third-order valence-electron chi connectivity index (χ3n) is 6.73. The van der Waals surface area contributed by atoms with Gasteiger partial charge in [-0.15, -0.1) is 0 Å². The van der Waals surface area contributed by atoms with Crippen molar-refractivity contribution in [3.63, 3.8) is 0 Å². The summed E-state index contributed by atoms with van der Waals surface area (Å²) in [6.07, 6.45) is -7.29. The molecular formula is C27H31F6NO2. The highest BCUT2D eigenvalue weighted by atomic mass is 19.4. The van der Waals surface area contributed by atoms with E-state index in [-0.39, 0.29) is 25.4 Å². The highest BCUT2D eigenvalue weighted by molar-refractivity contribution is 5.74. The Morgan fingerprint density at radius 1 is 1.03 bits per heavy atom. The molecule has 1 saturated heterocycles. The van der Waals surface area contributed by atoms with Crippen LogP contribution >= 0.6 is 0 Å². The normalized spacial score (nSPS) is 18.4. The largest absolute Gasteiger partial charge is 0.481 e. The van der Waals surface area contributed by atoms with Crippen LogP contribution in [0.1, 0.15) is 62.3 Å². The van der Waals surface area contributed by atoms with Gasteiger partial charge in [0, 0.05) is 12.6 Å². The van der Waals surface area contributed by atoms with Crippen LogP contribution in [0.5, 0.6) is 0 Å². The second kappa shape index (κ2) is 11.2. The van der Waals surface area contributed by atoms with Crippen LogP contribution in [0.3, 0.4) is 0 Å². The number of likely N-dealkylation sites (tertiary alicyclic amines) is 1. The minimum Gasteiger partial charge on any atom is -0.481 e. The van der Waals surface area contributed by atoms with E-state index < -0.39 is 29.8 Å². The lowest BCUT2D eigenvalue weighted by Gasteiger charge is -2.40. The van der Waals surface area contributed by atoms with E-state index >= 15 is 0 Å². The average molecular weight is 516 g/mol. The summed E-state index contributed by atoms with van der Waals surface area (Å²) in [5.41, 5.74) is 1.37. The van der Waals surface area contributed by atoms with Gasteiger partial charge in [0.1, 0.15) is 0 Å². The summed E-state index contributed by atoms with van der Waals surface area (Å²) in [6.45, 7) is 4.39. The van der Waals surface area contributed by atoms with E-state index in [9.17, 15) is 36.2 Å². The first-order valence-corrected chi connectivity index (χ1v) is 12.1. The molecule has 3 nitrogen and oxygen atoms in total. The summed E-state index contributed by atoms with van der Waals surface area (Å²) >= 11 is 0. The van der Waals surface area contributed by atoms with Crippen molar-refractivity contribution in [1.82, 2.24) is 4.90 Å². The Labute approximate surface area is 207 Å². The van der Waals surface area contributed by atoms with Gasteiger partial charge < -0.3 is 5.11 Å². The Kier molecular flexibility index (Phi) is 8.75. The number of halogens is 6. The van der Waals surface area contributed by atoms with Crippen molar-refractivity contribution in [2.24, 2.45) is 11.8 Å². The van der Waals surface area contributed by atoms with Crippen LogP contribution in [0.2, 0.25) is 0 Å². The summed E-state index contributed by atoms with van der Waals surface area (Å²) in [5, 5.41) is 9.25. The Morgan fingerprint density at radius 2 is 1.69 bits per heavy atom. The van der Waals surface area contributed by atoms with E-state index in [1.165, 1.54) is 12.1 Å². The Bertz CT molecular complexity index is 1030. The number of carbonyl (C=O) groups is 1. The number of piperidine rings is 1. The molecule has 3 rings (SSSR count). The van der Waals surface area contributed by atoms with Crippen molar-refractivity contribution < 1.29 is 36.2 Å². The van der Waals surface area contributed by atoms with E-state index in [1.54, 1.807) is 18.2 Å². The number of carboxylic acid groups (broad SMARTS) is 1. The molecule has 0 spiro atoms. The fourth-order valence-corrected chi connectivity index (χ4v) is 4.85. The fraction of sp³-hybridized carbons (Fsp3) is 0.519. The second-order valence-electron chi connectivity index (χ2n) is 9.93. The second-order valence-corrected chi connectivity index (χ2v) is 9.93. The summed E-state index contributed by atoms with van der Waals surface area (Å²) in [4.78, 5) is 13.1. The first kappa shape index (κ1) is 28.0. The molecule has 0 aliphatic carbocycles. The Hall–Kier alpha value is -2.55. The van der Waals surface area contributed by atoms with Crippen molar-refractivity contribution in [2.45, 2.75) is 64.3 Å². The van der Waals surface area contributed by atoms with Gasteiger partial charge in [-0.2, -0.15) is 26.3 Å². The van der Waals surface area contributed by atoms with Gasteiger partial charge in [0.25, 0.3) is 0 Å². The highest BCUT2D eigenvalue weighted by Crippen LogP contribution is 2.41. The quantitative estimate of drug-likeness (QED) is 0.366. The average Bonchev–Trinajstić information content (AvgIpc) is 2.78. The van der Waals surface area contributed by atoms with Gasteiger partial charge in [-0.3, -0.25) is 9.69 Å². The number of hydrogen-bond acceptors (Lipinski definition) is 2. The van der Waals surface area contributed by atoms with E-state index in [0.717, 1.165) is 18.6 Å². The Morgan fingerprint density at radius 3 is 2.25 bits per heavy atom. The molecule has 0 amide bonds. The lowest BCUT2D eigenvalue weighted by Crippen LogP contribution is -2.43. The standard InChI is InChI=1S/C27H31F6NO2/c1-17(2)5-12-24(34-13-3-4-21(16-34)27(31,32)33)22-11-6-18(15-25(35)36)14-23(22)19-7-9-20(10-8-19)26(28,29)30/h6-11,14,17,21,24H,3-5,12-13,15-16H2,1-2H3,(H,35,36). The molecule has 0 bridgehead atoms. The number of aliphatic carboxylic acids is 1. The maximum absolute atomic E-state index is 13.6. The molecule has 1 aliphatic heterocycles. The molecule has 1 heterocycles. The van der Waals surface area contributed by atoms with Crippen molar-refractivity contribution in [3.8, 4) is 11.1 Å². The van der Waals surface area contributed by atoms with E-state index in [2.05, 4.69) is 0 Å². The monoisotopic (exact) mass is 515 g/mol. The van der Waals surface area contributed by atoms with Gasteiger partial charge >= 0.3 is 18.3 Å². The molecule has 198 valence electrons. The predicted octanol–water partition coefficient (Wildman–Crippen LogP) is 7.75. The molecule has 1 aliphatic rings. The van der Waals surface area contributed by atoms with Crippen LogP contribution in [-0.2, 0) is 17.4 Å². The number of carboxylic acids is 1. The van der Waals surface area contributed by atoms with Gasteiger partial charge in [0.15, 0.2) is 0 Å². The van der Waals surface area contributed by atoms with Crippen molar-refractivity contribution in [1.29, 1.82) is 0 Å². The number of benzene rings is 2. The van der Waals surface area contributed by atoms with Crippen LogP contribution in [0.4, 0.5) is 26.3 Å². The van der Waals surface area contributed by atoms with Crippen molar-refractivity contribution in [2.75, 3.05) is 13.1 Å². The molecule has 1 N–H and O–H groups in total. The SMILES string of the molecule is CC(C)CCC(c1ccc(CC(=O)O)cc1-c1ccc(C(F)(F)F)cc1)N1CCCC(C(F)(F)F)C1. The third kappa shape index (κ3) is 7.24. The summed E-state index contributed by atoms with van der Waals surface area (Å²) in [5.74, 6) is -2.19. The molecule has 0 radical (unpaired) electrons. The van der Waals surface area contributed by atoms with Crippen LogP contribution in [-0.4, -0.2) is 35.2 Å². The summed E-state index contributed by atoms with van der Waals surface area (Å²) in [7, 11) is 0. The van der Waals surface area contributed by atoms with Crippen LogP contribution in [0.15, 0.2) is 42.5 Å². The zero-order valence-electron chi connectivity index (χ0n) is 20.3. The lowest BCUT2D eigenvalue weighted by atomic mass is 9.86. The zero-order chi connectivity index (χ0) is 26.7. The topological polar surface area (TPSA) is 40.5 Å². The minimum absolute atomic E-state index is 0.0697. The summed E-state index contributed by atoms with van der Waals surface area (Å²) in [6, 6.07) is 9.23. The Balaban J connectivity index is 2.08. The highest BCUT2D eigenvalue weighted by Gasteiger charge is 2.43. The maximum Gasteiger partial charge on any atom is 0.416 e. The zero-order valence-corrected chi connectivity index (χ0v) is 20.3. The van der Waals surface area contributed by atoms with Gasteiger partial charge in [0.05, 0.1) is 17.9 Å². The maximum atomic E-state index is 13.6. The molecule has 2 unspecified atom stereocenters. The lowest BCUT2D eigenvalue weighted by molar-refractivity contribution is -0.189. The number of alkyl halides is 6. The van der Waals surface area contributed by atoms with Gasteiger partial charge in [-0.1, -0.05) is 44.2 Å². The predicted molar refractivity (Wildman–Crippen MR) is 125 cm³/mol. The molecule has 2 aromatic rings. The van der Waals surface area contributed by atoms with Crippen LogP contribution in [0, 0.1) is 11.8 Å². The molecule has 0 saturated carbocycles.